The molecule has 0 amide bonds. The average Bonchev–Trinajstić information content (AvgIpc) is 2.34. The average molecular weight is 284 g/mol. The monoisotopic (exact) mass is 284 g/mol. The van der Waals surface area contributed by atoms with Gasteiger partial charge in [0.2, 0.25) is 0 Å². The molecule has 20 heavy (non-hydrogen) atoms. The van der Waals surface area contributed by atoms with E-state index in [2.05, 4.69) is 45.7 Å². The van der Waals surface area contributed by atoms with E-state index in [1.165, 1.54) is 16.7 Å². The predicted molar refractivity (Wildman–Crippen MR) is 93.1 cm³/mol. The van der Waals surface area contributed by atoms with Gasteiger partial charge in [-0.15, -0.1) is 6.42 Å². The molecule has 0 atom stereocenters. The van der Waals surface area contributed by atoms with Crippen molar-refractivity contribution in [2.45, 2.75) is 47.5 Å². The molecule has 0 bridgehead atoms. The number of allylic oxidation sites excluding steroid dienone is 2. The zero-order valence-electron chi connectivity index (χ0n) is 13.2. The van der Waals surface area contributed by atoms with E-state index in [0.717, 1.165) is 23.3 Å². The van der Waals surface area contributed by atoms with Crippen LogP contribution in [0.4, 0.5) is 0 Å². The third kappa shape index (κ3) is 5.31. The molecule has 0 aliphatic heterocycles. The Labute approximate surface area is 129 Å². The summed E-state index contributed by atoms with van der Waals surface area (Å²) in [6, 6.07) is 8.17. The Kier molecular flexibility index (Phi) is 5.72. The van der Waals surface area contributed by atoms with E-state index < -0.39 is 0 Å². The maximum atomic E-state index is 5.44. The van der Waals surface area contributed by atoms with Gasteiger partial charge in [0.15, 0.2) is 0 Å². The highest BCUT2D eigenvalue weighted by molar-refractivity contribution is 7.80. The molecule has 0 radical (unpaired) electrons. The van der Waals surface area contributed by atoms with Crippen LogP contribution in [-0.2, 0) is 6.42 Å². The van der Waals surface area contributed by atoms with Crippen LogP contribution in [0.15, 0.2) is 35.4 Å². The number of rotatable bonds is 4. The summed E-state index contributed by atoms with van der Waals surface area (Å²) in [5.74, 6) is 2.65. The Bertz CT molecular complexity index is 545. The molecule has 1 aromatic carbocycles. The molecule has 0 aliphatic rings. The normalized spacial score (nSPS) is 12.6. The molecule has 0 nitrogen and oxygen atoms in total. The Balaban J connectivity index is 3.00. The summed E-state index contributed by atoms with van der Waals surface area (Å²) in [5, 5.41) is 0. The molecular formula is C19H24S. The van der Waals surface area contributed by atoms with Gasteiger partial charge in [-0.25, -0.2) is 0 Å². The minimum Gasteiger partial charge on any atom is -0.115 e. The minimum absolute atomic E-state index is 0.285. The van der Waals surface area contributed by atoms with Gasteiger partial charge in [-0.2, -0.15) is 0 Å². The lowest BCUT2D eigenvalue weighted by Gasteiger charge is -2.21. The van der Waals surface area contributed by atoms with Crippen LogP contribution < -0.4 is 0 Å². The maximum Gasteiger partial charge on any atom is 0.0242 e. The van der Waals surface area contributed by atoms with Crippen LogP contribution in [0, 0.1) is 17.8 Å². The molecule has 1 rings (SSSR count). The maximum absolute atomic E-state index is 5.44. The lowest BCUT2D eigenvalue weighted by molar-refractivity contribution is 0.408. The number of benzene rings is 1. The summed E-state index contributed by atoms with van der Waals surface area (Å²) in [6.45, 7) is 11.0. The van der Waals surface area contributed by atoms with E-state index in [0.29, 0.717) is 0 Å². The third-order valence-corrected chi connectivity index (χ3v) is 3.48. The summed E-state index contributed by atoms with van der Waals surface area (Å²) in [5.41, 5.74) is 5.16. The van der Waals surface area contributed by atoms with Crippen LogP contribution in [0.3, 0.4) is 0 Å². The van der Waals surface area contributed by atoms with E-state index >= 15 is 0 Å². The second kappa shape index (κ2) is 6.86. The molecule has 1 aromatic rings. The van der Waals surface area contributed by atoms with Crippen molar-refractivity contribution in [2.75, 3.05) is 0 Å². The smallest absolute Gasteiger partial charge is 0.0242 e. The van der Waals surface area contributed by atoms with E-state index in [9.17, 15) is 0 Å². The third-order valence-electron chi connectivity index (χ3n) is 3.24. The fraction of sp³-hybridized carbons (Fsp3) is 0.421. The van der Waals surface area contributed by atoms with Gasteiger partial charge < -0.3 is 0 Å². The van der Waals surface area contributed by atoms with Gasteiger partial charge in [-0.3, -0.25) is 0 Å². The molecule has 0 unspecified atom stereocenters. The molecule has 0 heterocycles. The van der Waals surface area contributed by atoms with E-state index in [4.69, 9.17) is 18.6 Å². The zero-order chi connectivity index (χ0) is 15.3. The molecule has 0 spiro atoms. The van der Waals surface area contributed by atoms with Crippen molar-refractivity contribution >= 4 is 17.1 Å². The zero-order valence-corrected chi connectivity index (χ0v) is 14.0. The number of terminal acetylenes is 1. The Hall–Kier alpha value is -1.39. The largest absolute Gasteiger partial charge is 0.115 e. The van der Waals surface area contributed by atoms with Crippen LogP contribution in [0.1, 0.15) is 52.2 Å². The summed E-state index contributed by atoms with van der Waals surface area (Å²) >= 11 is 5.44. The first kappa shape index (κ1) is 16.7. The van der Waals surface area contributed by atoms with Crippen molar-refractivity contribution in [3.63, 3.8) is 0 Å². The summed E-state index contributed by atoms with van der Waals surface area (Å²) in [4.78, 5) is 0.993. The second-order valence-corrected chi connectivity index (χ2v) is 7.18. The van der Waals surface area contributed by atoms with Crippen LogP contribution in [0.2, 0.25) is 0 Å². The Morgan fingerprint density at radius 1 is 1.15 bits per heavy atom. The van der Waals surface area contributed by atoms with Crippen molar-refractivity contribution in [1.29, 1.82) is 0 Å². The van der Waals surface area contributed by atoms with Gasteiger partial charge in [-0.1, -0.05) is 56.6 Å². The van der Waals surface area contributed by atoms with Gasteiger partial charge in [-0.05, 0) is 55.4 Å². The molecule has 0 aromatic heterocycles. The first-order valence-electron chi connectivity index (χ1n) is 6.98. The standard InChI is InChI=1S/C19H24S/c1-7-16-8-10-17(11-9-16)12-18(15(3)20)14(2)13-19(4,5)6/h1,8-11H,12-13H2,2-6H3/b18-14-. The van der Waals surface area contributed by atoms with Crippen molar-refractivity contribution < 1.29 is 0 Å². The quantitative estimate of drug-likeness (QED) is 0.408. The van der Waals surface area contributed by atoms with Crippen molar-refractivity contribution in [3.05, 3.63) is 46.5 Å². The van der Waals surface area contributed by atoms with Crippen molar-refractivity contribution in [1.82, 2.24) is 0 Å². The fourth-order valence-electron chi connectivity index (χ4n) is 2.40. The molecule has 1 heteroatoms. The first-order chi connectivity index (χ1) is 9.23. The molecular weight excluding hydrogens is 260 g/mol. The van der Waals surface area contributed by atoms with Gasteiger partial charge in [0.05, 0.1) is 0 Å². The Morgan fingerprint density at radius 2 is 1.70 bits per heavy atom. The van der Waals surface area contributed by atoms with Crippen molar-refractivity contribution in [3.8, 4) is 12.3 Å². The van der Waals surface area contributed by atoms with E-state index in [1.54, 1.807) is 0 Å². The predicted octanol–water partition coefficient (Wildman–Crippen LogP) is 5.35. The lowest BCUT2D eigenvalue weighted by Crippen LogP contribution is -2.10. The number of thiocarbonyl (C=S) groups is 1. The van der Waals surface area contributed by atoms with Crippen molar-refractivity contribution in [2.24, 2.45) is 5.41 Å². The highest BCUT2D eigenvalue weighted by atomic mass is 32.1. The topological polar surface area (TPSA) is 0 Å². The van der Waals surface area contributed by atoms with Gasteiger partial charge >= 0.3 is 0 Å². The first-order valence-corrected chi connectivity index (χ1v) is 7.39. The van der Waals surface area contributed by atoms with Crippen LogP contribution >= 0.6 is 12.2 Å². The molecule has 106 valence electrons. The number of hydrogen-bond acceptors (Lipinski definition) is 1. The highest BCUT2D eigenvalue weighted by Crippen LogP contribution is 2.27. The summed E-state index contributed by atoms with van der Waals surface area (Å²) < 4.78 is 0. The minimum atomic E-state index is 0.285. The summed E-state index contributed by atoms with van der Waals surface area (Å²) in [6.07, 6.45) is 7.35. The fourth-order valence-corrected chi connectivity index (χ4v) is 2.65. The second-order valence-electron chi connectivity index (χ2n) is 6.57. The molecule has 0 saturated heterocycles. The number of hydrogen-bond donors (Lipinski definition) is 0. The molecule has 0 aliphatic carbocycles. The van der Waals surface area contributed by atoms with Crippen LogP contribution in [0.5, 0.6) is 0 Å². The molecule has 0 N–H and O–H groups in total. The van der Waals surface area contributed by atoms with Crippen LogP contribution in [0.25, 0.3) is 0 Å². The van der Waals surface area contributed by atoms with Gasteiger partial charge in [0.25, 0.3) is 0 Å². The van der Waals surface area contributed by atoms with E-state index in [1.807, 2.05) is 19.1 Å². The highest BCUT2D eigenvalue weighted by Gasteiger charge is 2.15. The SMILES string of the molecule is C#Cc1ccc(C/C(C(C)=S)=C(\C)CC(C)(C)C)cc1. The van der Waals surface area contributed by atoms with Gasteiger partial charge in [0, 0.05) is 10.4 Å². The molecule has 0 saturated carbocycles. The molecule has 0 fully saturated rings. The Morgan fingerprint density at radius 3 is 2.10 bits per heavy atom. The van der Waals surface area contributed by atoms with Gasteiger partial charge in [0.1, 0.15) is 0 Å². The lowest BCUT2D eigenvalue weighted by atomic mass is 9.85. The summed E-state index contributed by atoms with van der Waals surface area (Å²) in [7, 11) is 0. The van der Waals surface area contributed by atoms with E-state index in [-0.39, 0.29) is 5.41 Å². The van der Waals surface area contributed by atoms with Crippen LogP contribution in [-0.4, -0.2) is 4.86 Å².